The molecule has 0 bridgehead atoms. The second-order valence-corrected chi connectivity index (χ2v) is 6.63. The number of carbonyl (C=O) groups is 1. The van der Waals surface area contributed by atoms with E-state index in [0.717, 1.165) is 4.88 Å². The number of nitro groups is 1. The molecule has 0 radical (unpaired) electrons. The summed E-state index contributed by atoms with van der Waals surface area (Å²) in [5.41, 5.74) is 1.13. The van der Waals surface area contributed by atoms with E-state index in [2.05, 4.69) is 5.32 Å². The van der Waals surface area contributed by atoms with Crippen LogP contribution in [0.3, 0.4) is 0 Å². The predicted molar refractivity (Wildman–Crippen MR) is 99.1 cm³/mol. The van der Waals surface area contributed by atoms with Crippen molar-refractivity contribution >= 4 is 28.5 Å². The molecule has 132 valence electrons. The fourth-order valence-electron chi connectivity index (χ4n) is 2.53. The van der Waals surface area contributed by atoms with Gasteiger partial charge in [-0.05, 0) is 47.8 Å². The Morgan fingerprint density at radius 2 is 1.81 bits per heavy atom. The lowest BCUT2D eigenvalue weighted by Gasteiger charge is -2.18. The van der Waals surface area contributed by atoms with E-state index in [-0.39, 0.29) is 29.8 Å². The monoisotopic (exact) mass is 370 g/mol. The normalized spacial score (nSPS) is 11.7. The lowest BCUT2D eigenvalue weighted by Crippen LogP contribution is -2.15. The minimum Gasteiger partial charge on any atom is -0.377 e. The van der Waals surface area contributed by atoms with E-state index < -0.39 is 4.92 Å². The minimum absolute atomic E-state index is 0.00520. The van der Waals surface area contributed by atoms with Gasteiger partial charge in [0.15, 0.2) is 5.78 Å². The largest absolute Gasteiger partial charge is 0.377 e. The fraction of sp³-hybridized carbons (Fsp3) is 0.105. The molecule has 0 aliphatic heterocycles. The molecule has 0 saturated carbocycles. The third kappa shape index (κ3) is 4.31. The molecule has 0 amide bonds. The van der Waals surface area contributed by atoms with Crippen LogP contribution in [0.25, 0.3) is 0 Å². The highest BCUT2D eigenvalue weighted by Gasteiger charge is 2.19. The highest BCUT2D eigenvalue weighted by Crippen LogP contribution is 2.28. The van der Waals surface area contributed by atoms with Gasteiger partial charge >= 0.3 is 0 Å². The van der Waals surface area contributed by atoms with Gasteiger partial charge in [0.05, 0.1) is 11.0 Å². The maximum Gasteiger partial charge on any atom is 0.269 e. The lowest BCUT2D eigenvalue weighted by atomic mass is 10.0. The van der Waals surface area contributed by atoms with E-state index in [0.29, 0.717) is 11.3 Å². The van der Waals surface area contributed by atoms with Crippen LogP contribution < -0.4 is 5.32 Å². The fourth-order valence-corrected chi connectivity index (χ4v) is 3.31. The van der Waals surface area contributed by atoms with Crippen LogP contribution in [0.5, 0.6) is 0 Å². The van der Waals surface area contributed by atoms with Crippen molar-refractivity contribution in [1.82, 2.24) is 0 Å². The van der Waals surface area contributed by atoms with Gasteiger partial charge in [-0.2, -0.15) is 0 Å². The van der Waals surface area contributed by atoms with Gasteiger partial charge in [0.25, 0.3) is 5.69 Å². The van der Waals surface area contributed by atoms with Crippen molar-refractivity contribution in [3.05, 3.63) is 92.4 Å². The molecule has 0 saturated heterocycles. The second-order valence-electron chi connectivity index (χ2n) is 5.65. The average molecular weight is 370 g/mol. The number of rotatable bonds is 7. The first-order valence-electron chi connectivity index (χ1n) is 7.86. The molecule has 0 spiro atoms. The van der Waals surface area contributed by atoms with Crippen LogP contribution >= 0.6 is 11.3 Å². The SMILES string of the molecule is O=C(CC(Nc1ccc([N+](=O)[O-])cc1)c1cccs1)c1ccc(F)cc1. The summed E-state index contributed by atoms with van der Waals surface area (Å²) in [6.07, 6.45) is 0.184. The summed E-state index contributed by atoms with van der Waals surface area (Å²) < 4.78 is 13.0. The van der Waals surface area contributed by atoms with Gasteiger partial charge in [-0.3, -0.25) is 14.9 Å². The molecule has 0 aliphatic rings. The molecule has 0 aliphatic carbocycles. The lowest BCUT2D eigenvalue weighted by molar-refractivity contribution is -0.384. The number of nitrogens with one attached hydrogen (secondary N) is 1. The first-order chi connectivity index (χ1) is 12.5. The van der Waals surface area contributed by atoms with Gasteiger partial charge in [-0.1, -0.05) is 6.07 Å². The molecule has 3 rings (SSSR count). The summed E-state index contributed by atoms with van der Waals surface area (Å²) in [4.78, 5) is 23.8. The molecule has 26 heavy (non-hydrogen) atoms. The number of ketones is 1. The number of thiophene rings is 1. The topological polar surface area (TPSA) is 72.2 Å². The number of hydrogen-bond donors (Lipinski definition) is 1. The second kappa shape index (κ2) is 7.88. The highest BCUT2D eigenvalue weighted by atomic mass is 32.1. The van der Waals surface area contributed by atoms with Crippen molar-refractivity contribution in [3.63, 3.8) is 0 Å². The van der Waals surface area contributed by atoms with Crippen LogP contribution in [-0.2, 0) is 0 Å². The van der Waals surface area contributed by atoms with E-state index >= 15 is 0 Å². The van der Waals surface area contributed by atoms with E-state index in [4.69, 9.17) is 0 Å². The maximum absolute atomic E-state index is 13.0. The zero-order valence-electron chi connectivity index (χ0n) is 13.6. The summed E-state index contributed by atoms with van der Waals surface area (Å²) in [5, 5.41) is 15.9. The van der Waals surface area contributed by atoms with Gasteiger partial charge in [0.1, 0.15) is 5.82 Å². The molecule has 3 aromatic rings. The summed E-state index contributed by atoms with van der Waals surface area (Å²) in [5.74, 6) is -0.502. The van der Waals surface area contributed by atoms with E-state index in [1.807, 2.05) is 17.5 Å². The standard InChI is InChI=1S/C19H15FN2O3S/c20-14-5-3-13(4-6-14)18(23)12-17(19-2-1-11-26-19)21-15-7-9-16(10-8-15)22(24)25/h1-11,17,21H,12H2. The molecule has 1 aromatic heterocycles. The van der Waals surface area contributed by atoms with Crippen LogP contribution in [0, 0.1) is 15.9 Å². The molecule has 5 nitrogen and oxygen atoms in total. The van der Waals surface area contributed by atoms with Gasteiger partial charge in [-0.25, -0.2) is 4.39 Å². The Morgan fingerprint density at radius 1 is 1.12 bits per heavy atom. The van der Waals surface area contributed by atoms with Crippen LogP contribution in [0.15, 0.2) is 66.0 Å². The Labute approximate surface area is 153 Å². The molecule has 1 unspecified atom stereocenters. The Hall–Kier alpha value is -3.06. The third-order valence-electron chi connectivity index (χ3n) is 3.86. The zero-order valence-corrected chi connectivity index (χ0v) is 14.4. The summed E-state index contributed by atoms with van der Waals surface area (Å²) in [7, 11) is 0. The van der Waals surface area contributed by atoms with Crippen LogP contribution in [0.1, 0.15) is 27.7 Å². The summed E-state index contributed by atoms with van der Waals surface area (Å²) >= 11 is 1.51. The first kappa shape index (κ1) is 17.8. The van der Waals surface area contributed by atoms with Crippen molar-refractivity contribution in [2.24, 2.45) is 0 Å². The van der Waals surface area contributed by atoms with Gasteiger partial charge < -0.3 is 5.32 Å². The molecular weight excluding hydrogens is 355 g/mol. The molecule has 7 heteroatoms. The number of nitro benzene ring substituents is 1. The first-order valence-corrected chi connectivity index (χ1v) is 8.74. The van der Waals surface area contributed by atoms with E-state index in [9.17, 15) is 19.3 Å². The number of Topliss-reactive ketones (excluding diaryl/α,β-unsaturated/α-hetero) is 1. The average Bonchev–Trinajstić information content (AvgIpc) is 3.16. The van der Waals surface area contributed by atoms with Gasteiger partial charge in [0, 0.05) is 34.7 Å². The zero-order chi connectivity index (χ0) is 18.5. The molecule has 2 aromatic carbocycles. The van der Waals surface area contributed by atoms with Gasteiger partial charge in [-0.15, -0.1) is 11.3 Å². The van der Waals surface area contributed by atoms with Crippen molar-refractivity contribution < 1.29 is 14.1 Å². The van der Waals surface area contributed by atoms with E-state index in [1.54, 1.807) is 12.1 Å². The van der Waals surface area contributed by atoms with Gasteiger partial charge in [0.2, 0.25) is 0 Å². The highest BCUT2D eigenvalue weighted by molar-refractivity contribution is 7.10. The summed E-state index contributed by atoms with van der Waals surface area (Å²) in [6.45, 7) is 0. The number of anilines is 1. The number of benzene rings is 2. The summed E-state index contributed by atoms with van der Waals surface area (Å²) in [6, 6.07) is 15.0. The van der Waals surface area contributed by atoms with E-state index in [1.165, 1.54) is 47.7 Å². The Morgan fingerprint density at radius 3 is 2.38 bits per heavy atom. The van der Waals surface area contributed by atoms with Crippen molar-refractivity contribution in [2.75, 3.05) is 5.32 Å². The number of halogens is 1. The Kier molecular flexibility index (Phi) is 5.38. The van der Waals surface area contributed by atoms with Crippen LogP contribution in [0.2, 0.25) is 0 Å². The molecule has 0 fully saturated rings. The van der Waals surface area contributed by atoms with Crippen molar-refractivity contribution in [2.45, 2.75) is 12.5 Å². The van der Waals surface area contributed by atoms with Crippen molar-refractivity contribution in [3.8, 4) is 0 Å². The number of nitrogens with zero attached hydrogens (tertiary/aromatic N) is 1. The third-order valence-corrected chi connectivity index (χ3v) is 4.85. The van der Waals surface area contributed by atoms with Crippen molar-refractivity contribution in [1.29, 1.82) is 0 Å². The molecule has 1 N–H and O–H groups in total. The minimum atomic E-state index is -0.460. The number of carbonyl (C=O) groups excluding carboxylic acids is 1. The number of hydrogen-bond acceptors (Lipinski definition) is 5. The van der Waals surface area contributed by atoms with Crippen LogP contribution in [0.4, 0.5) is 15.8 Å². The Bertz CT molecular complexity index is 894. The smallest absolute Gasteiger partial charge is 0.269 e. The quantitative estimate of drug-likeness (QED) is 0.351. The predicted octanol–water partition coefficient (Wildman–Crippen LogP) is 5.22. The maximum atomic E-state index is 13.0. The molecule has 1 heterocycles. The van der Waals surface area contributed by atoms with Crippen LogP contribution in [-0.4, -0.2) is 10.7 Å². The molecule has 1 atom stereocenters. The molecular formula is C19H15FN2O3S. The number of non-ortho nitro benzene ring substituents is 1. The Balaban J connectivity index is 1.78.